The summed E-state index contributed by atoms with van der Waals surface area (Å²) in [5.74, 6) is -0.119. The topological polar surface area (TPSA) is 121 Å². The number of hydrogen-bond donors (Lipinski definition) is 4. The van der Waals surface area contributed by atoms with Crippen molar-refractivity contribution < 1.29 is 9.90 Å². The zero-order valence-electron chi connectivity index (χ0n) is 10.6. The average Bonchev–Trinajstić information content (AvgIpc) is 2.41. The zero-order chi connectivity index (χ0) is 13.8. The van der Waals surface area contributed by atoms with E-state index in [4.69, 9.17) is 10.8 Å². The minimum Gasteiger partial charge on any atom is -0.481 e. The summed E-state index contributed by atoms with van der Waals surface area (Å²) in [6.07, 6.45) is 4.46. The predicted molar refractivity (Wildman–Crippen MR) is 70.8 cm³/mol. The summed E-state index contributed by atoms with van der Waals surface area (Å²) < 4.78 is 0. The Labute approximate surface area is 110 Å². The second-order valence-electron chi connectivity index (χ2n) is 4.93. The van der Waals surface area contributed by atoms with Crippen molar-refractivity contribution in [3.8, 4) is 0 Å². The maximum absolute atomic E-state index is 11.3. The van der Waals surface area contributed by atoms with E-state index < -0.39 is 5.97 Å². The Kier molecular flexibility index (Phi) is 4.03. The first-order chi connectivity index (χ1) is 9.08. The van der Waals surface area contributed by atoms with Gasteiger partial charge in [-0.05, 0) is 31.6 Å². The highest BCUT2D eigenvalue weighted by Gasteiger charge is 2.25. The molecule has 104 valence electrons. The van der Waals surface area contributed by atoms with Crippen LogP contribution >= 0.6 is 0 Å². The van der Waals surface area contributed by atoms with Gasteiger partial charge in [0.1, 0.15) is 5.69 Å². The van der Waals surface area contributed by atoms with Crippen LogP contribution in [-0.2, 0) is 4.79 Å². The van der Waals surface area contributed by atoms with Crippen molar-refractivity contribution in [2.45, 2.75) is 25.7 Å². The Morgan fingerprint density at radius 2 is 2.16 bits per heavy atom. The van der Waals surface area contributed by atoms with Crippen molar-refractivity contribution in [3.05, 3.63) is 16.7 Å². The number of rotatable bonds is 4. The number of aromatic amines is 1. The second-order valence-corrected chi connectivity index (χ2v) is 4.93. The number of H-pyrrole nitrogens is 1. The van der Waals surface area contributed by atoms with Crippen molar-refractivity contribution in [2.75, 3.05) is 17.6 Å². The fourth-order valence-corrected chi connectivity index (χ4v) is 2.41. The van der Waals surface area contributed by atoms with Gasteiger partial charge >= 0.3 is 5.97 Å². The molecular weight excluding hydrogens is 248 g/mol. The molecule has 1 aromatic heterocycles. The summed E-state index contributed by atoms with van der Waals surface area (Å²) in [5.41, 5.74) is 5.34. The van der Waals surface area contributed by atoms with Crippen molar-refractivity contribution in [3.63, 3.8) is 0 Å². The van der Waals surface area contributed by atoms with Crippen molar-refractivity contribution in [1.29, 1.82) is 0 Å². The van der Waals surface area contributed by atoms with Crippen LogP contribution < -0.4 is 16.6 Å². The molecule has 0 unspecified atom stereocenters. The van der Waals surface area contributed by atoms with Gasteiger partial charge in [-0.1, -0.05) is 0 Å². The smallest absolute Gasteiger partial charge is 0.306 e. The van der Waals surface area contributed by atoms with Crippen LogP contribution in [0.2, 0.25) is 0 Å². The lowest BCUT2D eigenvalue weighted by molar-refractivity contribution is -0.143. The summed E-state index contributed by atoms with van der Waals surface area (Å²) in [6.45, 7) is 0.660. The van der Waals surface area contributed by atoms with E-state index in [1.54, 1.807) is 0 Å². The van der Waals surface area contributed by atoms with Gasteiger partial charge in [0.25, 0.3) is 5.56 Å². The maximum Gasteiger partial charge on any atom is 0.306 e. The van der Waals surface area contributed by atoms with Gasteiger partial charge in [-0.3, -0.25) is 9.59 Å². The lowest BCUT2D eigenvalue weighted by atomic mass is 9.82. The molecule has 0 aliphatic heterocycles. The molecule has 0 amide bonds. The highest BCUT2D eigenvalue weighted by atomic mass is 16.4. The molecule has 7 nitrogen and oxygen atoms in total. The van der Waals surface area contributed by atoms with Crippen LogP contribution in [0, 0.1) is 11.8 Å². The summed E-state index contributed by atoms with van der Waals surface area (Å²) in [5, 5.41) is 12.0. The number of carboxylic acids is 1. The maximum atomic E-state index is 11.3. The first-order valence-electron chi connectivity index (χ1n) is 6.37. The number of aromatic nitrogens is 2. The van der Waals surface area contributed by atoms with Gasteiger partial charge in [0, 0.05) is 6.54 Å². The van der Waals surface area contributed by atoms with Gasteiger partial charge in [0.05, 0.1) is 12.2 Å². The number of nitrogen functional groups attached to an aromatic ring is 1. The quantitative estimate of drug-likeness (QED) is 0.635. The molecule has 19 heavy (non-hydrogen) atoms. The van der Waals surface area contributed by atoms with E-state index >= 15 is 0 Å². The van der Waals surface area contributed by atoms with Crippen LogP contribution in [0.5, 0.6) is 0 Å². The monoisotopic (exact) mass is 266 g/mol. The van der Waals surface area contributed by atoms with E-state index in [1.807, 2.05) is 0 Å². The van der Waals surface area contributed by atoms with Gasteiger partial charge in [-0.15, -0.1) is 0 Å². The molecule has 2 rings (SSSR count). The van der Waals surface area contributed by atoms with Crippen LogP contribution in [0.25, 0.3) is 0 Å². The number of hydrogen-bond acceptors (Lipinski definition) is 5. The average molecular weight is 266 g/mol. The van der Waals surface area contributed by atoms with Gasteiger partial charge in [-0.2, -0.15) is 0 Å². The Balaban J connectivity index is 1.85. The SMILES string of the molecule is Nc1c(NCC2CCC(C(=O)O)CC2)nc[nH]c1=O. The lowest BCUT2D eigenvalue weighted by Crippen LogP contribution is -2.26. The molecule has 1 heterocycles. The van der Waals surface area contributed by atoms with E-state index in [1.165, 1.54) is 6.33 Å². The zero-order valence-corrected chi connectivity index (χ0v) is 10.6. The van der Waals surface area contributed by atoms with Crippen LogP contribution in [0.1, 0.15) is 25.7 Å². The summed E-state index contributed by atoms with van der Waals surface area (Å²) in [4.78, 5) is 28.5. The van der Waals surface area contributed by atoms with Gasteiger partial charge in [0.15, 0.2) is 5.82 Å². The molecule has 0 spiro atoms. The number of carbonyl (C=O) groups is 1. The van der Waals surface area contributed by atoms with Crippen LogP contribution in [0.15, 0.2) is 11.1 Å². The Bertz CT molecular complexity index is 506. The van der Waals surface area contributed by atoms with Gasteiger partial charge in [0.2, 0.25) is 0 Å². The Hall–Kier alpha value is -2.05. The summed E-state index contributed by atoms with van der Waals surface area (Å²) in [6, 6.07) is 0. The van der Waals surface area contributed by atoms with Crippen molar-refractivity contribution >= 4 is 17.5 Å². The molecule has 5 N–H and O–H groups in total. The van der Waals surface area contributed by atoms with Gasteiger partial charge in [-0.25, -0.2) is 4.98 Å². The number of carboxylic acid groups (broad SMARTS) is 1. The lowest BCUT2D eigenvalue weighted by Gasteiger charge is -2.26. The first-order valence-corrected chi connectivity index (χ1v) is 6.37. The van der Waals surface area contributed by atoms with Crippen LogP contribution in [-0.4, -0.2) is 27.6 Å². The highest BCUT2D eigenvalue weighted by molar-refractivity contribution is 5.70. The van der Waals surface area contributed by atoms with Crippen LogP contribution in [0.3, 0.4) is 0 Å². The summed E-state index contributed by atoms with van der Waals surface area (Å²) >= 11 is 0. The standard InChI is InChI=1S/C12H18N4O3/c13-9-10(15-6-16-11(9)17)14-5-7-1-3-8(4-2-7)12(18)19/h6-8H,1-5,13H2,(H,18,19)(H2,14,15,16,17). The first kappa shape index (κ1) is 13.4. The Morgan fingerprint density at radius 1 is 1.47 bits per heavy atom. The van der Waals surface area contributed by atoms with E-state index in [9.17, 15) is 9.59 Å². The highest BCUT2D eigenvalue weighted by Crippen LogP contribution is 2.29. The third kappa shape index (κ3) is 3.24. The van der Waals surface area contributed by atoms with E-state index in [0.29, 0.717) is 31.1 Å². The molecule has 1 aliphatic carbocycles. The normalized spacial score (nSPS) is 22.9. The molecule has 7 heteroatoms. The third-order valence-corrected chi connectivity index (χ3v) is 3.64. The van der Waals surface area contributed by atoms with E-state index in [0.717, 1.165) is 12.8 Å². The molecule has 0 atom stereocenters. The number of anilines is 2. The largest absolute Gasteiger partial charge is 0.481 e. The molecular formula is C12H18N4O3. The van der Waals surface area contributed by atoms with Crippen LogP contribution in [0.4, 0.5) is 11.5 Å². The summed E-state index contributed by atoms with van der Waals surface area (Å²) in [7, 11) is 0. The molecule has 1 saturated carbocycles. The molecule has 0 saturated heterocycles. The van der Waals surface area contributed by atoms with Crippen molar-refractivity contribution in [2.24, 2.45) is 11.8 Å². The number of nitrogens with one attached hydrogen (secondary N) is 2. The molecule has 1 fully saturated rings. The van der Waals surface area contributed by atoms with E-state index in [2.05, 4.69) is 15.3 Å². The van der Waals surface area contributed by atoms with Crippen molar-refractivity contribution in [1.82, 2.24) is 9.97 Å². The Morgan fingerprint density at radius 3 is 2.79 bits per heavy atom. The van der Waals surface area contributed by atoms with E-state index in [-0.39, 0.29) is 17.2 Å². The number of nitrogens with two attached hydrogens (primary N) is 1. The minimum absolute atomic E-state index is 0.0849. The molecule has 1 aliphatic rings. The fraction of sp³-hybridized carbons (Fsp3) is 0.583. The predicted octanol–water partition coefficient (Wildman–Crippen LogP) is 0.655. The van der Waals surface area contributed by atoms with Gasteiger partial charge < -0.3 is 21.1 Å². The molecule has 1 aromatic rings. The molecule has 0 aromatic carbocycles. The number of aliphatic carboxylic acids is 1. The fourth-order valence-electron chi connectivity index (χ4n) is 2.41. The number of nitrogens with zero attached hydrogens (tertiary/aromatic N) is 1. The molecule has 0 bridgehead atoms. The third-order valence-electron chi connectivity index (χ3n) is 3.64. The minimum atomic E-state index is -0.702. The molecule has 0 radical (unpaired) electrons. The second kappa shape index (κ2) is 5.73.